The molecule has 2 aromatic carbocycles. The molecule has 2 aromatic rings. The number of hydrogen-bond acceptors (Lipinski definition) is 4. The first kappa shape index (κ1) is 21.2. The van der Waals surface area contributed by atoms with Crippen LogP contribution in [-0.2, 0) is 10.2 Å². The van der Waals surface area contributed by atoms with Gasteiger partial charge >= 0.3 is 5.97 Å². The summed E-state index contributed by atoms with van der Waals surface area (Å²) in [6.45, 7) is 8.87. The van der Waals surface area contributed by atoms with Gasteiger partial charge in [-0.05, 0) is 46.2 Å². The Morgan fingerprint density at radius 3 is 2.28 bits per heavy atom. The number of carboxylic acid groups (broad SMARTS) is 1. The lowest BCUT2D eigenvalue weighted by atomic mass is 9.67. The van der Waals surface area contributed by atoms with Crippen molar-refractivity contribution < 1.29 is 19.4 Å². The minimum absolute atomic E-state index is 0.302. The minimum atomic E-state index is -0.841. The predicted molar refractivity (Wildman–Crippen MR) is 114 cm³/mol. The molecule has 1 fully saturated rings. The smallest absolute Gasteiger partial charge is 0.322 e. The number of hydrogen-bond donors (Lipinski definition) is 1. The molecule has 0 aromatic heterocycles. The van der Waals surface area contributed by atoms with Crippen LogP contribution in [0, 0.1) is 6.92 Å². The van der Waals surface area contributed by atoms with Crippen molar-refractivity contribution in [3.63, 3.8) is 0 Å². The molecular weight excluding hydrogens is 366 g/mol. The normalized spacial score (nSPS) is 22.5. The van der Waals surface area contributed by atoms with E-state index in [1.54, 1.807) is 14.2 Å². The molecule has 1 aliphatic rings. The van der Waals surface area contributed by atoms with E-state index in [0.717, 1.165) is 16.7 Å². The fourth-order valence-corrected chi connectivity index (χ4v) is 4.79. The predicted octanol–water partition coefficient (Wildman–Crippen LogP) is 4.26. The Balaban J connectivity index is 2.41. The number of nitrogens with zero attached hydrogens (tertiary/aromatic N) is 1. The quantitative estimate of drug-likeness (QED) is 0.817. The van der Waals surface area contributed by atoms with Crippen molar-refractivity contribution in [2.75, 3.05) is 20.8 Å². The van der Waals surface area contributed by atoms with E-state index in [-0.39, 0.29) is 5.54 Å². The Hall–Kier alpha value is -2.53. The fourth-order valence-electron chi connectivity index (χ4n) is 4.79. The molecule has 1 N–H and O–H groups in total. The Labute approximate surface area is 173 Å². The average Bonchev–Trinajstić information content (AvgIpc) is 3.10. The second-order valence-corrected chi connectivity index (χ2v) is 8.73. The third kappa shape index (κ3) is 3.48. The van der Waals surface area contributed by atoms with Gasteiger partial charge in [0.1, 0.15) is 17.5 Å². The van der Waals surface area contributed by atoms with Gasteiger partial charge in [-0.25, -0.2) is 0 Å². The molecule has 2 atom stereocenters. The van der Waals surface area contributed by atoms with Crippen LogP contribution in [0.15, 0.2) is 42.5 Å². The highest BCUT2D eigenvalue weighted by Gasteiger charge is 2.57. The molecular formula is C24H31NO4. The lowest BCUT2D eigenvalue weighted by Gasteiger charge is -2.42. The monoisotopic (exact) mass is 397 g/mol. The summed E-state index contributed by atoms with van der Waals surface area (Å²) in [4.78, 5) is 14.9. The summed E-state index contributed by atoms with van der Waals surface area (Å²) >= 11 is 0. The third-order valence-corrected chi connectivity index (χ3v) is 6.04. The molecule has 0 bridgehead atoms. The first-order chi connectivity index (χ1) is 13.7. The van der Waals surface area contributed by atoms with E-state index >= 15 is 0 Å². The van der Waals surface area contributed by atoms with Crippen LogP contribution in [0.4, 0.5) is 0 Å². The van der Waals surface area contributed by atoms with E-state index in [4.69, 9.17) is 9.47 Å². The second kappa shape index (κ2) is 7.71. The van der Waals surface area contributed by atoms with Crippen LogP contribution in [0.2, 0.25) is 0 Å². The topological polar surface area (TPSA) is 59.0 Å². The SMILES string of the molecule is COc1ccccc1C1(c2cc(C)ccc2OC)CCN(C(C)(C)C)[C@@H]1C(=O)O. The number of likely N-dealkylation sites (tertiary alicyclic amines) is 1. The summed E-state index contributed by atoms with van der Waals surface area (Å²) in [7, 11) is 3.27. The lowest BCUT2D eigenvalue weighted by molar-refractivity contribution is -0.145. The first-order valence-electron chi connectivity index (χ1n) is 9.95. The molecule has 29 heavy (non-hydrogen) atoms. The number of carbonyl (C=O) groups is 1. The van der Waals surface area contributed by atoms with Crippen molar-refractivity contribution in [1.29, 1.82) is 0 Å². The zero-order valence-electron chi connectivity index (χ0n) is 18.2. The Kier molecular flexibility index (Phi) is 5.63. The van der Waals surface area contributed by atoms with Crippen molar-refractivity contribution in [3.05, 3.63) is 59.2 Å². The molecule has 1 heterocycles. The summed E-state index contributed by atoms with van der Waals surface area (Å²) in [6, 6.07) is 13.0. The molecule has 3 rings (SSSR count). The van der Waals surface area contributed by atoms with E-state index < -0.39 is 17.4 Å². The van der Waals surface area contributed by atoms with E-state index in [1.165, 1.54) is 0 Å². The number of benzene rings is 2. The van der Waals surface area contributed by atoms with Crippen LogP contribution in [-0.4, -0.2) is 48.3 Å². The molecule has 0 saturated carbocycles. The molecule has 0 aliphatic carbocycles. The van der Waals surface area contributed by atoms with E-state index in [2.05, 4.69) is 31.7 Å². The molecule has 5 heteroatoms. The molecule has 0 spiro atoms. The van der Waals surface area contributed by atoms with Crippen LogP contribution in [0.5, 0.6) is 11.5 Å². The molecule has 5 nitrogen and oxygen atoms in total. The maximum Gasteiger partial charge on any atom is 0.322 e. The van der Waals surface area contributed by atoms with Crippen LogP contribution in [0.25, 0.3) is 0 Å². The van der Waals surface area contributed by atoms with Gasteiger partial charge in [-0.15, -0.1) is 0 Å². The van der Waals surface area contributed by atoms with Gasteiger partial charge in [0.15, 0.2) is 0 Å². The van der Waals surface area contributed by atoms with Gasteiger partial charge in [0.05, 0.1) is 19.6 Å². The third-order valence-electron chi connectivity index (χ3n) is 6.04. The highest BCUT2D eigenvalue weighted by atomic mass is 16.5. The zero-order chi connectivity index (χ0) is 21.4. The van der Waals surface area contributed by atoms with Crippen molar-refractivity contribution in [3.8, 4) is 11.5 Å². The minimum Gasteiger partial charge on any atom is -0.496 e. The zero-order valence-corrected chi connectivity index (χ0v) is 18.2. The molecule has 1 unspecified atom stereocenters. The van der Waals surface area contributed by atoms with Crippen molar-refractivity contribution in [2.24, 2.45) is 0 Å². The summed E-state index contributed by atoms with van der Waals surface area (Å²) in [6.07, 6.45) is 0.654. The maximum absolute atomic E-state index is 12.8. The standard InChI is InChI=1S/C24H31NO4/c1-16-11-12-20(29-6)18(15-16)24(17-9-7-8-10-19(17)28-5)13-14-25(23(2,3)4)21(24)22(26)27/h7-12,15,21H,13-14H2,1-6H3,(H,26,27)/t21-,24?/m1/s1. The number of rotatable bonds is 5. The second-order valence-electron chi connectivity index (χ2n) is 8.73. The van der Waals surface area contributed by atoms with Crippen LogP contribution < -0.4 is 9.47 Å². The van der Waals surface area contributed by atoms with E-state index in [1.807, 2.05) is 43.3 Å². The van der Waals surface area contributed by atoms with Crippen molar-refractivity contribution in [2.45, 2.75) is 51.1 Å². The Morgan fingerprint density at radius 1 is 1.07 bits per heavy atom. The van der Waals surface area contributed by atoms with Gasteiger partial charge in [0.25, 0.3) is 0 Å². The number of aryl methyl sites for hydroxylation is 1. The summed E-state index contributed by atoms with van der Waals surface area (Å²) < 4.78 is 11.4. The van der Waals surface area contributed by atoms with Crippen LogP contribution in [0.3, 0.4) is 0 Å². The molecule has 0 amide bonds. The number of para-hydroxylation sites is 1. The van der Waals surface area contributed by atoms with Crippen LogP contribution >= 0.6 is 0 Å². The number of carboxylic acids is 1. The average molecular weight is 398 g/mol. The summed E-state index contributed by atoms with van der Waals surface area (Å²) in [5, 5.41) is 10.5. The summed E-state index contributed by atoms with van der Waals surface area (Å²) in [5.41, 5.74) is 1.73. The molecule has 0 radical (unpaired) electrons. The van der Waals surface area contributed by atoms with Crippen LogP contribution in [0.1, 0.15) is 43.9 Å². The lowest BCUT2D eigenvalue weighted by Crippen LogP contribution is -2.54. The Morgan fingerprint density at radius 2 is 1.69 bits per heavy atom. The van der Waals surface area contributed by atoms with Gasteiger partial charge in [-0.1, -0.05) is 35.9 Å². The number of methoxy groups -OCH3 is 2. The van der Waals surface area contributed by atoms with E-state index in [0.29, 0.717) is 24.5 Å². The summed E-state index contributed by atoms with van der Waals surface area (Å²) in [5.74, 6) is 0.550. The van der Waals surface area contributed by atoms with Crippen molar-refractivity contribution in [1.82, 2.24) is 4.90 Å². The molecule has 156 valence electrons. The molecule has 1 saturated heterocycles. The van der Waals surface area contributed by atoms with Crippen molar-refractivity contribution >= 4 is 5.97 Å². The van der Waals surface area contributed by atoms with Gasteiger partial charge < -0.3 is 14.6 Å². The highest BCUT2D eigenvalue weighted by molar-refractivity contribution is 5.80. The van der Waals surface area contributed by atoms with Gasteiger partial charge in [-0.3, -0.25) is 9.69 Å². The highest BCUT2D eigenvalue weighted by Crippen LogP contribution is 2.53. The van der Waals surface area contributed by atoms with E-state index in [9.17, 15) is 9.90 Å². The molecule has 1 aliphatic heterocycles. The van der Waals surface area contributed by atoms with Gasteiger partial charge in [0, 0.05) is 23.2 Å². The maximum atomic E-state index is 12.8. The van der Waals surface area contributed by atoms with Gasteiger partial charge in [0.2, 0.25) is 0 Å². The number of aliphatic carboxylic acids is 1. The Bertz CT molecular complexity index is 902. The number of ether oxygens (including phenoxy) is 2. The first-order valence-corrected chi connectivity index (χ1v) is 9.95. The van der Waals surface area contributed by atoms with Gasteiger partial charge in [-0.2, -0.15) is 0 Å². The largest absolute Gasteiger partial charge is 0.496 e. The fraction of sp³-hybridized carbons (Fsp3) is 0.458.